The molecule has 0 bridgehead atoms. The van der Waals surface area contributed by atoms with Crippen molar-refractivity contribution in [1.29, 1.82) is 0 Å². The Hall–Kier alpha value is -2.69. The van der Waals surface area contributed by atoms with E-state index in [0.717, 1.165) is 6.26 Å². The predicted molar refractivity (Wildman–Crippen MR) is 120 cm³/mol. The molecule has 0 spiro atoms. The summed E-state index contributed by atoms with van der Waals surface area (Å²) in [7, 11) is -3.12. The first kappa shape index (κ1) is 22.5. The summed E-state index contributed by atoms with van der Waals surface area (Å²) < 4.78 is 44.9. The molecule has 1 aromatic carbocycles. The van der Waals surface area contributed by atoms with Crippen LogP contribution in [0.3, 0.4) is 0 Å². The highest BCUT2D eigenvalue weighted by molar-refractivity contribution is 7.90. The minimum Gasteiger partial charge on any atom is -0.486 e. The molecule has 0 fully saturated rings. The lowest BCUT2D eigenvalue weighted by molar-refractivity contribution is 0.226. The Balaban J connectivity index is 1.65. The molecule has 0 aliphatic rings. The van der Waals surface area contributed by atoms with Gasteiger partial charge in [-0.05, 0) is 13.0 Å². The number of rotatable bonds is 7. The van der Waals surface area contributed by atoms with Crippen molar-refractivity contribution in [2.45, 2.75) is 19.6 Å². The van der Waals surface area contributed by atoms with E-state index in [9.17, 15) is 12.8 Å². The fraction of sp³-hybridized carbons (Fsp3) is 0.250. The van der Waals surface area contributed by atoms with Crippen molar-refractivity contribution in [2.75, 3.05) is 12.0 Å². The smallest absolute Gasteiger partial charge is 0.152 e. The van der Waals surface area contributed by atoms with Crippen LogP contribution in [0.4, 0.5) is 4.39 Å². The van der Waals surface area contributed by atoms with E-state index in [2.05, 4.69) is 20.3 Å². The molecule has 1 atom stereocenters. The maximum absolute atomic E-state index is 14.7. The van der Waals surface area contributed by atoms with E-state index >= 15 is 0 Å². The van der Waals surface area contributed by atoms with Crippen LogP contribution in [-0.2, 0) is 16.4 Å². The number of aromatic amines is 1. The summed E-state index contributed by atoms with van der Waals surface area (Å²) >= 11 is 12.4. The third-order valence-corrected chi connectivity index (χ3v) is 6.33. The van der Waals surface area contributed by atoms with Crippen LogP contribution in [0.5, 0.6) is 5.75 Å². The number of pyridine rings is 1. The minimum atomic E-state index is -3.12. The highest BCUT2D eigenvalue weighted by atomic mass is 35.5. The van der Waals surface area contributed by atoms with E-state index in [1.807, 2.05) is 0 Å². The van der Waals surface area contributed by atoms with E-state index in [1.54, 1.807) is 25.4 Å². The summed E-state index contributed by atoms with van der Waals surface area (Å²) in [4.78, 5) is 3.92. The molecule has 3 heterocycles. The van der Waals surface area contributed by atoms with Gasteiger partial charge in [-0.15, -0.1) is 0 Å². The fourth-order valence-electron chi connectivity index (χ4n) is 3.28. The van der Waals surface area contributed by atoms with Crippen LogP contribution < -0.4 is 4.74 Å². The van der Waals surface area contributed by atoms with Crippen LogP contribution >= 0.6 is 23.2 Å². The average molecular weight is 498 g/mol. The van der Waals surface area contributed by atoms with Gasteiger partial charge < -0.3 is 4.74 Å². The molecule has 0 radical (unpaired) electrons. The van der Waals surface area contributed by atoms with Gasteiger partial charge in [-0.2, -0.15) is 10.2 Å². The summed E-state index contributed by atoms with van der Waals surface area (Å²) in [5, 5.41) is 12.2. The molecule has 1 N–H and O–H groups in total. The summed E-state index contributed by atoms with van der Waals surface area (Å²) in [5.41, 5.74) is 1.82. The number of aryl methyl sites for hydroxylation is 1. The number of ether oxygens (including phenoxy) is 1. The number of nitrogens with zero attached hydrogens (tertiary/aromatic N) is 4. The number of H-pyrrole nitrogens is 1. The second-order valence-corrected chi connectivity index (χ2v) is 10.4. The fourth-order valence-corrected chi connectivity index (χ4v) is 4.47. The van der Waals surface area contributed by atoms with Gasteiger partial charge in [0.25, 0.3) is 0 Å². The Morgan fingerprint density at radius 2 is 1.94 bits per heavy atom. The highest BCUT2D eigenvalue weighted by Crippen LogP contribution is 2.35. The zero-order valence-corrected chi connectivity index (χ0v) is 19.3. The van der Waals surface area contributed by atoms with E-state index in [1.165, 1.54) is 23.1 Å². The van der Waals surface area contributed by atoms with Crippen molar-refractivity contribution in [3.8, 4) is 17.0 Å². The lowest BCUT2D eigenvalue weighted by atomic mass is 10.1. The highest BCUT2D eigenvalue weighted by Gasteiger charge is 2.19. The van der Waals surface area contributed by atoms with Crippen molar-refractivity contribution in [2.24, 2.45) is 0 Å². The van der Waals surface area contributed by atoms with Gasteiger partial charge in [0.1, 0.15) is 32.9 Å². The zero-order chi connectivity index (χ0) is 23.0. The first-order valence-corrected chi connectivity index (χ1v) is 12.3. The monoisotopic (exact) mass is 497 g/mol. The van der Waals surface area contributed by atoms with Gasteiger partial charge in [0.05, 0.1) is 28.5 Å². The molecule has 4 rings (SSSR count). The van der Waals surface area contributed by atoms with Crippen LogP contribution in [-0.4, -0.2) is 45.4 Å². The summed E-state index contributed by atoms with van der Waals surface area (Å²) in [6.45, 7) is 1.95. The second kappa shape index (κ2) is 8.68. The Bertz CT molecular complexity index is 1380. The van der Waals surface area contributed by atoms with Crippen molar-refractivity contribution in [3.05, 3.63) is 58.3 Å². The van der Waals surface area contributed by atoms with Crippen LogP contribution in [0.2, 0.25) is 10.0 Å². The number of aromatic nitrogens is 5. The van der Waals surface area contributed by atoms with Gasteiger partial charge in [0.15, 0.2) is 5.82 Å². The number of hydrogen-bond donors (Lipinski definition) is 1. The molecular weight excluding hydrogens is 480 g/mol. The molecule has 12 heteroatoms. The summed E-state index contributed by atoms with van der Waals surface area (Å²) in [6, 6.07) is 2.91. The minimum absolute atomic E-state index is 0.0416. The number of nitrogens with one attached hydrogen (secondary N) is 1. The van der Waals surface area contributed by atoms with Crippen LogP contribution in [0.1, 0.15) is 18.6 Å². The van der Waals surface area contributed by atoms with Crippen molar-refractivity contribution >= 4 is 43.9 Å². The zero-order valence-electron chi connectivity index (χ0n) is 17.0. The molecule has 32 heavy (non-hydrogen) atoms. The largest absolute Gasteiger partial charge is 0.486 e. The van der Waals surface area contributed by atoms with E-state index in [-0.39, 0.29) is 23.6 Å². The molecule has 0 aliphatic carbocycles. The molecule has 0 amide bonds. The molecule has 4 aromatic rings. The molecule has 3 aromatic heterocycles. The van der Waals surface area contributed by atoms with E-state index in [0.29, 0.717) is 32.3 Å². The molecule has 0 saturated heterocycles. The van der Waals surface area contributed by atoms with Crippen LogP contribution in [0.15, 0.2) is 36.9 Å². The Kier molecular flexibility index (Phi) is 6.11. The summed E-state index contributed by atoms with van der Waals surface area (Å²) in [5.74, 6) is -0.321. The predicted octanol–water partition coefficient (Wildman–Crippen LogP) is 4.45. The Morgan fingerprint density at radius 1 is 1.22 bits per heavy atom. The van der Waals surface area contributed by atoms with Gasteiger partial charge in [0, 0.05) is 47.4 Å². The average Bonchev–Trinajstić information content (AvgIpc) is 3.32. The number of halogens is 3. The van der Waals surface area contributed by atoms with Crippen molar-refractivity contribution in [3.63, 3.8) is 0 Å². The standard InChI is InChI=1S/C20H18Cl2FN5O3S/c1-11(18-15(21)8-24-9-16(18)22)31-13-5-14-19(26-27-20(14)17(23)6-13)12-7-25-28(10-12)3-4-32(2,29)30/h5-11H,3-4H2,1-2H3,(H,26,27)/t11-/m1/s1. The first-order chi connectivity index (χ1) is 15.1. The summed E-state index contributed by atoms with van der Waals surface area (Å²) in [6.07, 6.45) is 6.72. The number of benzene rings is 1. The van der Waals surface area contributed by atoms with Crippen molar-refractivity contribution < 1.29 is 17.5 Å². The van der Waals surface area contributed by atoms with E-state index < -0.39 is 21.8 Å². The van der Waals surface area contributed by atoms with Gasteiger partial charge in [-0.1, -0.05) is 23.2 Å². The Labute approximate surface area is 193 Å². The van der Waals surface area contributed by atoms with Crippen LogP contribution in [0, 0.1) is 5.82 Å². The van der Waals surface area contributed by atoms with Crippen LogP contribution in [0.25, 0.3) is 22.2 Å². The van der Waals surface area contributed by atoms with Gasteiger partial charge >= 0.3 is 0 Å². The molecular formula is C20H18Cl2FN5O3S. The molecule has 8 nitrogen and oxygen atoms in total. The lowest BCUT2D eigenvalue weighted by Gasteiger charge is -2.17. The number of fused-ring (bicyclic) bond motifs is 1. The third-order valence-electron chi connectivity index (χ3n) is 4.81. The third kappa shape index (κ3) is 4.72. The van der Waals surface area contributed by atoms with E-state index in [4.69, 9.17) is 27.9 Å². The normalized spacial score (nSPS) is 12.9. The van der Waals surface area contributed by atoms with Gasteiger partial charge in [-0.3, -0.25) is 14.8 Å². The topological polar surface area (TPSA) is 103 Å². The quantitative estimate of drug-likeness (QED) is 0.404. The maximum Gasteiger partial charge on any atom is 0.152 e. The Morgan fingerprint density at radius 3 is 2.62 bits per heavy atom. The van der Waals surface area contributed by atoms with Gasteiger partial charge in [0.2, 0.25) is 0 Å². The second-order valence-electron chi connectivity index (χ2n) is 7.30. The van der Waals surface area contributed by atoms with Gasteiger partial charge in [-0.25, -0.2) is 12.8 Å². The maximum atomic E-state index is 14.7. The molecule has 0 saturated carbocycles. The first-order valence-electron chi connectivity index (χ1n) is 9.46. The number of sulfone groups is 1. The molecule has 0 unspecified atom stereocenters. The molecule has 168 valence electrons. The molecule has 0 aliphatic heterocycles. The van der Waals surface area contributed by atoms with Crippen molar-refractivity contribution in [1.82, 2.24) is 25.0 Å². The SMILES string of the molecule is C[C@@H](Oc1cc(F)c2[nH]nc(-c3cnn(CCS(C)(=O)=O)c3)c2c1)c1c(Cl)cncc1Cl. The lowest BCUT2D eigenvalue weighted by Crippen LogP contribution is -2.11. The number of hydrogen-bond acceptors (Lipinski definition) is 6.